The van der Waals surface area contributed by atoms with Crippen molar-refractivity contribution in [1.29, 1.82) is 0 Å². The summed E-state index contributed by atoms with van der Waals surface area (Å²) in [5.41, 5.74) is 2.54. The minimum atomic E-state index is -0.442. The van der Waals surface area contributed by atoms with Crippen LogP contribution in [0, 0.1) is 6.92 Å². The Morgan fingerprint density at radius 1 is 1.22 bits per heavy atom. The third-order valence-electron chi connectivity index (χ3n) is 4.18. The molecule has 0 aromatic heterocycles. The van der Waals surface area contributed by atoms with Crippen molar-refractivity contribution in [2.24, 2.45) is 0 Å². The van der Waals surface area contributed by atoms with Gasteiger partial charge in [0.1, 0.15) is 5.75 Å². The van der Waals surface area contributed by atoms with Gasteiger partial charge in [0.05, 0.1) is 0 Å². The van der Waals surface area contributed by atoms with Gasteiger partial charge in [-0.15, -0.1) is 12.4 Å². The van der Waals surface area contributed by atoms with Gasteiger partial charge in [0.25, 0.3) is 5.91 Å². The first kappa shape index (κ1) is 19.8. The van der Waals surface area contributed by atoms with Crippen LogP contribution in [0.1, 0.15) is 44.2 Å². The highest BCUT2D eigenvalue weighted by atomic mass is 35.5. The van der Waals surface area contributed by atoms with Crippen molar-refractivity contribution < 1.29 is 9.53 Å². The van der Waals surface area contributed by atoms with Gasteiger partial charge in [-0.25, -0.2) is 0 Å². The molecule has 1 fully saturated rings. The van der Waals surface area contributed by atoms with Crippen LogP contribution in [0.25, 0.3) is 0 Å². The van der Waals surface area contributed by atoms with Crippen molar-refractivity contribution in [2.45, 2.75) is 46.1 Å². The van der Waals surface area contributed by atoms with Crippen LogP contribution in [-0.2, 0) is 4.79 Å². The summed E-state index contributed by atoms with van der Waals surface area (Å²) in [7, 11) is 0. The number of carbonyl (C=O) groups is 1. The van der Waals surface area contributed by atoms with Gasteiger partial charge >= 0.3 is 0 Å². The molecule has 4 nitrogen and oxygen atoms in total. The topological polar surface area (TPSA) is 41.6 Å². The van der Waals surface area contributed by atoms with Gasteiger partial charge in [0.15, 0.2) is 6.10 Å². The van der Waals surface area contributed by atoms with Crippen LogP contribution in [0.2, 0.25) is 0 Å². The van der Waals surface area contributed by atoms with Crippen molar-refractivity contribution in [3.8, 4) is 5.75 Å². The molecule has 1 heterocycles. The predicted molar refractivity (Wildman–Crippen MR) is 96.7 cm³/mol. The second kappa shape index (κ2) is 9.14. The van der Waals surface area contributed by atoms with E-state index in [4.69, 9.17) is 4.74 Å². The number of benzene rings is 1. The summed E-state index contributed by atoms with van der Waals surface area (Å²) in [5.74, 6) is 1.35. The van der Waals surface area contributed by atoms with E-state index in [1.165, 1.54) is 11.1 Å². The lowest BCUT2D eigenvalue weighted by Crippen LogP contribution is -2.42. The quantitative estimate of drug-likeness (QED) is 0.915. The number of rotatable bonds is 4. The first-order valence-electron chi connectivity index (χ1n) is 8.25. The summed E-state index contributed by atoms with van der Waals surface area (Å²) in [6.45, 7) is 11.7. The molecule has 1 aromatic rings. The van der Waals surface area contributed by atoms with Crippen molar-refractivity contribution in [3.63, 3.8) is 0 Å². The summed E-state index contributed by atoms with van der Waals surface area (Å²) in [6, 6.07) is 6.10. The molecule has 1 N–H and O–H groups in total. The molecule has 1 aliphatic heterocycles. The molecule has 1 amide bonds. The minimum Gasteiger partial charge on any atom is -0.481 e. The SMILES string of the molecule is Cc1cc(OC(C)C(=O)N2CCCNCC2)ccc1C(C)C.Cl. The van der Waals surface area contributed by atoms with Crippen molar-refractivity contribution >= 4 is 18.3 Å². The molecular formula is C18H29ClN2O2. The lowest BCUT2D eigenvalue weighted by Gasteiger charge is -2.24. The van der Waals surface area contributed by atoms with Crippen LogP contribution in [0.5, 0.6) is 5.75 Å². The number of ether oxygens (including phenoxy) is 1. The summed E-state index contributed by atoms with van der Waals surface area (Å²) in [4.78, 5) is 14.4. The molecule has 0 spiro atoms. The van der Waals surface area contributed by atoms with E-state index >= 15 is 0 Å². The van der Waals surface area contributed by atoms with Gasteiger partial charge in [-0.05, 0) is 56.0 Å². The average molecular weight is 341 g/mol. The van der Waals surface area contributed by atoms with E-state index in [9.17, 15) is 4.79 Å². The first-order valence-corrected chi connectivity index (χ1v) is 8.25. The molecular weight excluding hydrogens is 312 g/mol. The normalized spacial score (nSPS) is 16.5. The summed E-state index contributed by atoms with van der Waals surface area (Å²) >= 11 is 0. The van der Waals surface area contributed by atoms with Gasteiger partial charge < -0.3 is 15.0 Å². The smallest absolute Gasteiger partial charge is 0.263 e. The molecule has 2 rings (SSSR count). The Balaban J connectivity index is 0.00000264. The molecule has 23 heavy (non-hydrogen) atoms. The molecule has 1 aromatic carbocycles. The third kappa shape index (κ3) is 5.40. The Bertz CT molecular complexity index is 512. The summed E-state index contributed by atoms with van der Waals surface area (Å²) < 4.78 is 5.87. The Kier molecular flexibility index (Phi) is 7.86. The number of nitrogens with one attached hydrogen (secondary N) is 1. The molecule has 130 valence electrons. The molecule has 0 bridgehead atoms. The number of carbonyl (C=O) groups excluding carboxylic acids is 1. The molecule has 1 unspecified atom stereocenters. The largest absolute Gasteiger partial charge is 0.481 e. The monoisotopic (exact) mass is 340 g/mol. The number of halogens is 1. The van der Waals surface area contributed by atoms with E-state index in [0.29, 0.717) is 5.92 Å². The van der Waals surface area contributed by atoms with Crippen LogP contribution < -0.4 is 10.1 Å². The zero-order chi connectivity index (χ0) is 16.1. The van der Waals surface area contributed by atoms with Gasteiger partial charge in [0.2, 0.25) is 0 Å². The lowest BCUT2D eigenvalue weighted by atomic mass is 9.98. The highest BCUT2D eigenvalue weighted by Crippen LogP contribution is 2.24. The van der Waals surface area contributed by atoms with Gasteiger partial charge in [-0.2, -0.15) is 0 Å². The van der Waals surface area contributed by atoms with Crippen LogP contribution in [-0.4, -0.2) is 43.1 Å². The maximum absolute atomic E-state index is 12.5. The van der Waals surface area contributed by atoms with Crippen LogP contribution in [0.3, 0.4) is 0 Å². The molecule has 0 aliphatic carbocycles. The van der Waals surface area contributed by atoms with E-state index in [1.807, 2.05) is 24.0 Å². The fourth-order valence-electron chi connectivity index (χ4n) is 2.95. The van der Waals surface area contributed by atoms with Crippen molar-refractivity contribution in [3.05, 3.63) is 29.3 Å². The molecule has 1 atom stereocenters. The number of amides is 1. The molecule has 1 saturated heterocycles. The number of nitrogens with zero attached hydrogens (tertiary/aromatic N) is 1. The third-order valence-corrected chi connectivity index (χ3v) is 4.18. The standard InChI is InChI=1S/C18H28N2O2.ClH/c1-13(2)17-7-6-16(12-14(17)3)22-15(4)18(21)20-10-5-8-19-9-11-20;/h6-7,12-13,15,19H,5,8-11H2,1-4H3;1H. The summed E-state index contributed by atoms with van der Waals surface area (Å²) in [5, 5.41) is 3.31. The van der Waals surface area contributed by atoms with E-state index < -0.39 is 6.10 Å². The van der Waals surface area contributed by atoms with E-state index in [2.05, 4.69) is 32.2 Å². The second-order valence-electron chi connectivity index (χ2n) is 6.36. The molecule has 0 saturated carbocycles. The maximum atomic E-state index is 12.5. The Labute approximate surface area is 146 Å². The van der Waals surface area contributed by atoms with E-state index in [1.54, 1.807) is 0 Å². The van der Waals surface area contributed by atoms with Gasteiger partial charge in [-0.3, -0.25) is 4.79 Å². The van der Waals surface area contributed by atoms with Crippen molar-refractivity contribution in [1.82, 2.24) is 10.2 Å². The maximum Gasteiger partial charge on any atom is 0.263 e. The minimum absolute atomic E-state index is 0. The second-order valence-corrected chi connectivity index (χ2v) is 6.36. The zero-order valence-electron chi connectivity index (χ0n) is 14.6. The van der Waals surface area contributed by atoms with E-state index in [-0.39, 0.29) is 18.3 Å². The highest BCUT2D eigenvalue weighted by Gasteiger charge is 2.22. The fraction of sp³-hybridized carbons (Fsp3) is 0.611. The number of hydrogen-bond acceptors (Lipinski definition) is 3. The molecule has 0 radical (unpaired) electrons. The van der Waals surface area contributed by atoms with Crippen LogP contribution in [0.4, 0.5) is 0 Å². The molecule has 5 heteroatoms. The van der Waals surface area contributed by atoms with Crippen LogP contribution in [0.15, 0.2) is 18.2 Å². The highest BCUT2D eigenvalue weighted by molar-refractivity contribution is 5.85. The zero-order valence-corrected chi connectivity index (χ0v) is 15.4. The first-order chi connectivity index (χ1) is 10.5. The molecule has 1 aliphatic rings. The Morgan fingerprint density at radius 2 is 1.96 bits per heavy atom. The lowest BCUT2D eigenvalue weighted by molar-refractivity contribution is -0.137. The van der Waals surface area contributed by atoms with Crippen molar-refractivity contribution in [2.75, 3.05) is 26.2 Å². The number of hydrogen-bond donors (Lipinski definition) is 1. The average Bonchev–Trinajstić information content (AvgIpc) is 2.75. The van der Waals surface area contributed by atoms with E-state index in [0.717, 1.165) is 38.3 Å². The number of aryl methyl sites for hydroxylation is 1. The van der Waals surface area contributed by atoms with Crippen LogP contribution >= 0.6 is 12.4 Å². The predicted octanol–water partition coefficient (Wildman–Crippen LogP) is 3.13. The summed E-state index contributed by atoms with van der Waals surface area (Å²) in [6.07, 6.45) is 0.558. The fourth-order valence-corrected chi connectivity index (χ4v) is 2.95. The Hall–Kier alpha value is -1.26. The van der Waals surface area contributed by atoms with Gasteiger partial charge in [0, 0.05) is 19.6 Å². The Morgan fingerprint density at radius 3 is 2.61 bits per heavy atom. The van der Waals surface area contributed by atoms with Gasteiger partial charge in [-0.1, -0.05) is 19.9 Å².